The summed E-state index contributed by atoms with van der Waals surface area (Å²) in [7, 11) is 0. The number of aliphatic hydroxyl groups excluding tert-OH is 2. The molecule has 0 aromatic rings. The lowest BCUT2D eigenvalue weighted by atomic mass is 9.54. The lowest BCUT2D eigenvalue weighted by Crippen LogP contribution is -2.42. The Kier molecular flexibility index (Phi) is 6.98. The summed E-state index contributed by atoms with van der Waals surface area (Å²) in [5, 5.41) is 19.8. The summed E-state index contributed by atoms with van der Waals surface area (Å²) < 4.78 is 0. The van der Waals surface area contributed by atoms with Crippen LogP contribution in [0.15, 0.2) is 48.0 Å². The summed E-state index contributed by atoms with van der Waals surface area (Å²) in [4.78, 5) is 0. The van der Waals surface area contributed by atoms with Gasteiger partial charge in [0.05, 0.1) is 0 Å². The molecule has 0 bridgehead atoms. The minimum atomic E-state index is 0.107. The van der Waals surface area contributed by atoms with Crippen molar-refractivity contribution in [3.05, 3.63) is 48.0 Å². The minimum Gasteiger partial charge on any atom is -0.508 e. The molecule has 2 atom stereocenters. The van der Waals surface area contributed by atoms with E-state index in [-0.39, 0.29) is 10.8 Å². The summed E-state index contributed by atoms with van der Waals surface area (Å²) in [5.74, 6) is 1.32. The van der Waals surface area contributed by atoms with Gasteiger partial charge in [0.1, 0.15) is 11.5 Å². The van der Waals surface area contributed by atoms with Crippen LogP contribution in [0.2, 0.25) is 0 Å². The van der Waals surface area contributed by atoms with Gasteiger partial charge in [-0.15, -0.1) is 0 Å². The number of aliphatic hydroxyl groups is 2. The van der Waals surface area contributed by atoms with Gasteiger partial charge < -0.3 is 10.2 Å². The van der Waals surface area contributed by atoms with Gasteiger partial charge in [0.25, 0.3) is 0 Å². The third-order valence-electron chi connectivity index (χ3n) is 6.34. The van der Waals surface area contributed by atoms with Crippen molar-refractivity contribution in [2.24, 2.45) is 16.7 Å². The van der Waals surface area contributed by atoms with Crippen LogP contribution in [-0.4, -0.2) is 10.2 Å². The van der Waals surface area contributed by atoms with E-state index in [1.807, 2.05) is 24.3 Å². The first-order valence-electron chi connectivity index (χ1n) is 10.2. The summed E-state index contributed by atoms with van der Waals surface area (Å²) in [5.41, 5.74) is 0.214. The van der Waals surface area contributed by atoms with Crippen LogP contribution in [0.5, 0.6) is 0 Å². The molecule has 0 spiro atoms. The van der Waals surface area contributed by atoms with Gasteiger partial charge in [-0.2, -0.15) is 0 Å². The summed E-state index contributed by atoms with van der Waals surface area (Å²) in [6, 6.07) is 0. The van der Waals surface area contributed by atoms with E-state index in [4.69, 9.17) is 0 Å². The van der Waals surface area contributed by atoms with Crippen LogP contribution in [0.25, 0.3) is 0 Å². The summed E-state index contributed by atoms with van der Waals surface area (Å²) in [6.07, 6.45) is 22.5. The molecule has 2 nitrogen and oxygen atoms in total. The van der Waals surface area contributed by atoms with Crippen molar-refractivity contribution < 1.29 is 10.2 Å². The fourth-order valence-corrected chi connectivity index (χ4v) is 5.00. The highest BCUT2D eigenvalue weighted by atomic mass is 16.3. The van der Waals surface area contributed by atoms with E-state index in [1.54, 1.807) is 0 Å². The van der Waals surface area contributed by atoms with Crippen molar-refractivity contribution in [2.45, 2.75) is 78.6 Å². The highest BCUT2D eigenvalue weighted by molar-refractivity contribution is 5.28. The molecule has 140 valence electrons. The first-order chi connectivity index (χ1) is 12.0. The number of unbranched alkanes of at least 4 members (excludes halogenated alkanes) is 2. The van der Waals surface area contributed by atoms with E-state index in [0.717, 1.165) is 19.3 Å². The van der Waals surface area contributed by atoms with Crippen molar-refractivity contribution >= 4 is 0 Å². The van der Waals surface area contributed by atoms with Crippen molar-refractivity contribution in [3.8, 4) is 0 Å². The molecule has 25 heavy (non-hydrogen) atoms. The molecule has 2 aliphatic rings. The zero-order chi connectivity index (χ0) is 18.3. The van der Waals surface area contributed by atoms with Gasteiger partial charge in [-0.3, -0.25) is 0 Å². The molecule has 2 rings (SSSR count). The van der Waals surface area contributed by atoms with E-state index in [9.17, 15) is 10.2 Å². The Labute approximate surface area is 154 Å². The van der Waals surface area contributed by atoms with Gasteiger partial charge in [-0.05, 0) is 66.7 Å². The molecule has 0 amide bonds. The second kappa shape index (κ2) is 8.78. The van der Waals surface area contributed by atoms with Gasteiger partial charge >= 0.3 is 0 Å². The normalized spacial score (nSPS) is 30.0. The van der Waals surface area contributed by atoms with E-state index >= 15 is 0 Å². The maximum atomic E-state index is 9.89. The SMILES string of the molecule is CCCCC1(C(CC)C2(CCCC)C=CC(O)=CC2)C=CC(O)=CC1. The Balaban J connectivity index is 2.40. The summed E-state index contributed by atoms with van der Waals surface area (Å²) >= 11 is 0. The minimum absolute atomic E-state index is 0.107. The molecule has 0 saturated carbocycles. The standard InChI is InChI=1S/C23H36O2/c1-4-7-13-22(15-9-19(24)10-16-22)21(6-3)23(14-8-5-2)17-11-20(25)12-18-23/h9-12,15,17,21,24-25H,4-8,13-14,16,18H2,1-3H3. The van der Waals surface area contributed by atoms with Crippen molar-refractivity contribution in [1.29, 1.82) is 0 Å². The average Bonchev–Trinajstić information content (AvgIpc) is 2.63. The summed E-state index contributed by atoms with van der Waals surface area (Å²) in [6.45, 7) is 6.81. The maximum Gasteiger partial charge on any atom is 0.111 e. The Bertz CT molecular complexity index is 506. The highest BCUT2D eigenvalue weighted by Crippen LogP contribution is 2.56. The van der Waals surface area contributed by atoms with Gasteiger partial charge in [-0.1, -0.05) is 65.0 Å². The number of rotatable bonds is 9. The molecule has 0 radical (unpaired) electrons. The third-order valence-corrected chi connectivity index (χ3v) is 6.34. The molecule has 2 aliphatic carbocycles. The van der Waals surface area contributed by atoms with Crippen LogP contribution in [0.1, 0.15) is 78.6 Å². The maximum absolute atomic E-state index is 9.89. The Morgan fingerprint density at radius 3 is 1.56 bits per heavy atom. The molecule has 0 aromatic heterocycles. The van der Waals surface area contributed by atoms with E-state index in [1.165, 1.54) is 38.5 Å². The van der Waals surface area contributed by atoms with Crippen LogP contribution >= 0.6 is 0 Å². The van der Waals surface area contributed by atoms with E-state index in [0.29, 0.717) is 17.4 Å². The predicted octanol–water partition coefficient (Wildman–Crippen LogP) is 7.17. The largest absolute Gasteiger partial charge is 0.508 e. The zero-order valence-electron chi connectivity index (χ0n) is 16.3. The molecule has 0 aromatic carbocycles. The molecule has 0 aliphatic heterocycles. The van der Waals surface area contributed by atoms with Gasteiger partial charge in [-0.25, -0.2) is 0 Å². The molecule has 2 N–H and O–H groups in total. The quantitative estimate of drug-likeness (QED) is 0.465. The molecule has 0 heterocycles. The lowest BCUT2D eigenvalue weighted by molar-refractivity contribution is 0.0658. The van der Waals surface area contributed by atoms with Crippen molar-refractivity contribution in [2.75, 3.05) is 0 Å². The topological polar surface area (TPSA) is 40.5 Å². The van der Waals surface area contributed by atoms with Crippen LogP contribution in [0, 0.1) is 16.7 Å². The number of hydrogen-bond acceptors (Lipinski definition) is 2. The molecular weight excluding hydrogens is 308 g/mol. The predicted molar refractivity (Wildman–Crippen MR) is 107 cm³/mol. The van der Waals surface area contributed by atoms with Gasteiger partial charge in [0.15, 0.2) is 0 Å². The first-order valence-corrected chi connectivity index (χ1v) is 10.2. The molecule has 2 heteroatoms. The zero-order valence-corrected chi connectivity index (χ0v) is 16.3. The molecule has 2 unspecified atom stereocenters. The van der Waals surface area contributed by atoms with Crippen LogP contribution in [-0.2, 0) is 0 Å². The second-order valence-electron chi connectivity index (χ2n) is 7.97. The molecule has 0 saturated heterocycles. The van der Waals surface area contributed by atoms with Crippen molar-refractivity contribution in [3.63, 3.8) is 0 Å². The average molecular weight is 345 g/mol. The highest BCUT2D eigenvalue weighted by Gasteiger charge is 2.47. The van der Waals surface area contributed by atoms with E-state index < -0.39 is 0 Å². The Morgan fingerprint density at radius 2 is 1.28 bits per heavy atom. The third kappa shape index (κ3) is 4.40. The monoisotopic (exact) mass is 344 g/mol. The number of allylic oxidation sites excluding steroid dienone is 6. The van der Waals surface area contributed by atoms with Crippen LogP contribution in [0.3, 0.4) is 0 Å². The van der Waals surface area contributed by atoms with Crippen LogP contribution in [0.4, 0.5) is 0 Å². The Morgan fingerprint density at radius 1 is 0.840 bits per heavy atom. The lowest BCUT2D eigenvalue weighted by Gasteiger charge is -2.50. The molecule has 0 fully saturated rings. The van der Waals surface area contributed by atoms with Gasteiger partial charge in [0, 0.05) is 0 Å². The number of hydrogen-bond donors (Lipinski definition) is 2. The molecular formula is C23H36O2. The van der Waals surface area contributed by atoms with Crippen molar-refractivity contribution in [1.82, 2.24) is 0 Å². The second-order valence-corrected chi connectivity index (χ2v) is 7.97. The fraction of sp³-hybridized carbons (Fsp3) is 0.652. The van der Waals surface area contributed by atoms with Gasteiger partial charge in [0.2, 0.25) is 0 Å². The first kappa shape index (κ1) is 19.9. The Hall–Kier alpha value is -1.44. The fourth-order valence-electron chi connectivity index (χ4n) is 5.00. The van der Waals surface area contributed by atoms with Crippen LogP contribution < -0.4 is 0 Å². The van der Waals surface area contributed by atoms with E-state index in [2.05, 4.69) is 32.9 Å². The smallest absolute Gasteiger partial charge is 0.111 e.